The number of halogens is 6. The molecular formula is C29H34F6N6O5. The summed E-state index contributed by atoms with van der Waals surface area (Å²) >= 11 is 0. The molecule has 2 N–H and O–H groups in total. The molecule has 0 saturated carbocycles. The fourth-order valence-corrected chi connectivity index (χ4v) is 5.40. The third-order valence-corrected chi connectivity index (χ3v) is 7.52. The number of alkyl halides is 3. The van der Waals surface area contributed by atoms with Crippen LogP contribution in [0.3, 0.4) is 0 Å². The number of ether oxygens (including phenoxy) is 1. The van der Waals surface area contributed by atoms with Crippen LogP contribution < -0.4 is 10.6 Å². The second-order valence-electron chi connectivity index (χ2n) is 12.1. The predicted octanol–water partition coefficient (Wildman–Crippen LogP) is 3.36. The highest BCUT2D eigenvalue weighted by Gasteiger charge is 2.44. The van der Waals surface area contributed by atoms with Gasteiger partial charge in [-0.1, -0.05) is 0 Å². The van der Waals surface area contributed by atoms with Crippen LogP contribution in [0.5, 0.6) is 0 Å². The topological polar surface area (TPSA) is 126 Å². The van der Waals surface area contributed by atoms with E-state index in [-0.39, 0.29) is 50.7 Å². The van der Waals surface area contributed by atoms with Crippen molar-refractivity contribution in [2.75, 3.05) is 32.7 Å². The van der Waals surface area contributed by atoms with Gasteiger partial charge in [-0.3, -0.25) is 14.4 Å². The van der Waals surface area contributed by atoms with Gasteiger partial charge in [0, 0.05) is 64.7 Å². The minimum absolute atomic E-state index is 0.0283. The summed E-state index contributed by atoms with van der Waals surface area (Å²) in [7, 11) is 0. The normalized spacial score (nSPS) is 17.7. The van der Waals surface area contributed by atoms with Gasteiger partial charge in [0.25, 0.3) is 5.91 Å². The van der Waals surface area contributed by atoms with Crippen LogP contribution in [0.15, 0.2) is 12.1 Å². The third kappa shape index (κ3) is 7.97. The number of rotatable bonds is 7. The molecule has 46 heavy (non-hydrogen) atoms. The van der Waals surface area contributed by atoms with Crippen molar-refractivity contribution in [3.63, 3.8) is 0 Å². The van der Waals surface area contributed by atoms with Gasteiger partial charge >= 0.3 is 12.3 Å². The number of imidazole rings is 1. The second-order valence-corrected chi connectivity index (χ2v) is 12.1. The maximum atomic E-state index is 14.6. The molecule has 2 aromatic rings. The number of benzene rings is 1. The van der Waals surface area contributed by atoms with Gasteiger partial charge in [-0.25, -0.2) is 22.9 Å². The van der Waals surface area contributed by atoms with Crippen LogP contribution in [0.4, 0.5) is 31.1 Å². The Morgan fingerprint density at radius 3 is 2.20 bits per heavy atom. The van der Waals surface area contributed by atoms with Crippen LogP contribution >= 0.6 is 0 Å². The van der Waals surface area contributed by atoms with Crippen LogP contribution in [0.25, 0.3) is 0 Å². The number of carbonyl (C=O) groups excluding carboxylic acids is 4. The maximum Gasteiger partial charge on any atom is 0.435 e. The highest BCUT2D eigenvalue weighted by Crippen LogP contribution is 2.35. The van der Waals surface area contributed by atoms with Crippen LogP contribution in [-0.4, -0.2) is 87.4 Å². The van der Waals surface area contributed by atoms with Crippen molar-refractivity contribution in [2.24, 2.45) is 0 Å². The zero-order valence-corrected chi connectivity index (χ0v) is 25.6. The smallest absolute Gasteiger partial charge is 0.435 e. The van der Waals surface area contributed by atoms with E-state index in [0.717, 1.165) is 4.57 Å². The van der Waals surface area contributed by atoms with Crippen molar-refractivity contribution in [1.29, 1.82) is 0 Å². The Balaban J connectivity index is 1.67. The van der Waals surface area contributed by atoms with Crippen molar-refractivity contribution in [2.45, 2.75) is 70.9 Å². The van der Waals surface area contributed by atoms with Gasteiger partial charge in [-0.05, 0) is 38.8 Å². The second kappa shape index (κ2) is 13.3. The zero-order chi connectivity index (χ0) is 34.1. The average Bonchev–Trinajstić information content (AvgIpc) is 3.35. The molecule has 1 saturated heterocycles. The van der Waals surface area contributed by atoms with Crippen molar-refractivity contribution >= 4 is 23.7 Å². The molecule has 2 atom stereocenters. The molecule has 1 fully saturated rings. The Morgan fingerprint density at radius 1 is 1.00 bits per heavy atom. The molecule has 11 nitrogen and oxygen atoms in total. The van der Waals surface area contributed by atoms with Gasteiger partial charge < -0.3 is 29.7 Å². The summed E-state index contributed by atoms with van der Waals surface area (Å²) in [6, 6.07) is -1.81. The monoisotopic (exact) mass is 660 g/mol. The first-order chi connectivity index (χ1) is 21.4. The molecule has 1 aromatic heterocycles. The van der Waals surface area contributed by atoms with Crippen LogP contribution in [0, 0.1) is 17.5 Å². The predicted molar refractivity (Wildman–Crippen MR) is 149 cm³/mol. The molecule has 0 bridgehead atoms. The number of Topliss-reactive ketones (excluding diaryl/α,β-unsaturated/α-hetero) is 1. The molecule has 0 radical (unpaired) electrons. The Bertz CT molecular complexity index is 1510. The van der Waals surface area contributed by atoms with E-state index < -0.39 is 89.2 Å². The number of piperazine rings is 1. The highest BCUT2D eigenvalue weighted by molar-refractivity contribution is 5.93. The average molecular weight is 661 g/mol. The molecule has 17 heteroatoms. The molecule has 3 amide bonds. The summed E-state index contributed by atoms with van der Waals surface area (Å²) in [6.07, 6.45) is -7.11. The fraction of sp³-hybridized carbons (Fsp3) is 0.552. The van der Waals surface area contributed by atoms with Crippen molar-refractivity contribution < 1.29 is 50.3 Å². The molecule has 3 heterocycles. The molecule has 2 unspecified atom stereocenters. The fourth-order valence-electron chi connectivity index (χ4n) is 5.40. The Labute approximate surface area is 260 Å². The number of alkyl carbamates (subject to hydrolysis) is 1. The number of hydrogen-bond acceptors (Lipinski definition) is 7. The van der Waals surface area contributed by atoms with E-state index in [4.69, 9.17) is 4.74 Å². The first-order valence-corrected chi connectivity index (χ1v) is 14.4. The highest BCUT2D eigenvalue weighted by atomic mass is 19.4. The van der Waals surface area contributed by atoms with E-state index in [1.165, 1.54) is 16.7 Å². The minimum atomic E-state index is -4.97. The summed E-state index contributed by atoms with van der Waals surface area (Å²) < 4.78 is 90.5. The summed E-state index contributed by atoms with van der Waals surface area (Å²) in [6.45, 7) is 5.83. The molecule has 2 aliphatic heterocycles. The molecule has 0 aliphatic carbocycles. The molecule has 252 valence electrons. The lowest BCUT2D eigenvalue weighted by molar-refractivity contribution is -0.142. The van der Waals surface area contributed by atoms with Gasteiger partial charge in [0.05, 0.1) is 5.69 Å². The number of nitrogens with zero attached hydrogens (tertiary/aromatic N) is 4. The van der Waals surface area contributed by atoms with Crippen molar-refractivity contribution in [1.82, 2.24) is 30.0 Å². The van der Waals surface area contributed by atoms with Crippen molar-refractivity contribution in [3.05, 3.63) is 52.4 Å². The number of aromatic nitrogens is 2. The molecule has 4 rings (SSSR count). The zero-order valence-electron chi connectivity index (χ0n) is 25.6. The van der Waals surface area contributed by atoms with E-state index in [0.29, 0.717) is 12.1 Å². The van der Waals surface area contributed by atoms with Crippen LogP contribution in [0.1, 0.15) is 67.7 Å². The van der Waals surface area contributed by atoms with Gasteiger partial charge in [0.1, 0.15) is 17.5 Å². The van der Waals surface area contributed by atoms with E-state index >= 15 is 0 Å². The third-order valence-electron chi connectivity index (χ3n) is 7.52. The van der Waals surface area contributed by atoms with E-state index in [2.05, 4.69) is 15.6 Å². The lowest BCUT2D eigenvalue weighted by Gasteiger charge is -2.35. The molecule has 1 aromatic carbocycles. The molecule has 2 aliphatic rings. The Morgan fingerprint density at radius 2 is 1.61 bits per heavy atom. The number of hydrogen-bond donors (Lipinski definition) is 2. The summed E-state index contributed by atoms with van der Waals surface area (Å²) in [5.74, 6) is -6.45. The number of amides is 3. The summed E-state index contributed by atoms with van der Waals surface area (Å²) in [4.78, 5) is 58.1. The SMILES string of the molecule is CC(=O)N1CCN(C(=O)c2nc(C(F)(F)F)c3n2C(C(=O)CC(Cc2cc(F)c(F)cc2F)NC(=O)OC(C)(C)C)CNC3)CC1. The largest absolute Gasteiger partial charge is 0.444 e. The lowest BCUT2D eigenvalue weighted by Crippen LogP contribution is -2.51. The standard InChI is InChI=1S/C29H34F6N6O5/c1-15(42)39-5-7-40(8-6-39)26(44)25-38-24(29(33,34)35)22-14-36-13-21(41(22)25)23(43)11-17(37-27(45)46-28(2,3)4)9-16-10-19(31)20(32)12-18(16)30/h10,12,17,21,36H,5-9,11,13-14H2,1-4H3,(H,37,45). The van der Waals surface area contributed by atoms with E-state index in [1.54, 1.807) is 20.8 Å². The minimum Gasteiger partial charge on any atom is -0.444 e. The van der Waals surface area contributed by atoms with E-state index in [1.807, 2.05) is 0 Å². The molecular weight excluding hydrogens is 626 g/mol. The number of carbonyl (C=O) groups is 4. The number of fused-ring (bicyclic) bond motifs is 1. The first-order valence-electron chi connectivity index (χ1n) is 14.4. The quantitative estimate of drug-likeness (QED) is 0.345. The number of ketones is 1. The van der Waals surface area contributed by atoms with Gasteiger partial charge in [0.2, 0.25) is 11.7 Å². The van der Waals surface area contributed by atoms with Crippen molar-refractivity contribution in [3.8, 4) is 0 Å². The van der Waals surface area contributed by atoms with Gasteiger partial charge in [-0.15, -0.1) is 0 Å². The summed E-state index contributed by atoms with van der Waals surface area (Å²) in [5.41, 5.74) is -3.16. The van der Waals surface area contributed by atoms with Gasteiger partial charge in [-0.2, -0.15) is 13.2 Å². The van der Waals surface area contributed by atoms with Gasteiger partial charge in [0.15, 0.2) is 23.1 Å². The van der Waals surface area contributed by atoms with E-state index in [9.17, 15) is 45.5 Å². The lowest BCUT2D eigenvalue weighted by atomic mass is 9.96. The van der Waals surface area contributed by atoms with Crippen LogP contribution in [-0.2, 0) is 33.5 Å². The van der Waals surface area contributed by atoms with Crippen LogP contribution in [0.2, 0.25) is 0 Å². The molecule has 0 spiro atoms. The number of nitrogens with one attached hydrogen (secondary N) is 2. The Kier molecular flexibility index (Phi) is 10.0. The first kappa shape index (κ1) is 34.7. The summed E-state index contributed by atoms with van der Waals surface area (Å²) in [5, 5.41) is 5.15. The Hall–Kier alpha value is -4.15. The maximum absolute atomic E-state index is 14.6.